The lowest BCUT2D eigenvalue weighted by Gasteiger charge is -2.05. The molecule has 0 amide bonds. The summed E-state index contributed by atoms with van der Waals surface area (Å²) in [5.41, 5.74) is -0.669. The third-order valence-electron chi connectivity index (χ3n) is 2.22. The number of esters is 1. The molecule has 0 atom stereocenters. The van der Waals surface area contributed by atoms with Crippen molar-refractivity contribution in [3.63, 3.8) is 0 Å². The molecule has 5 nitrogen and oxygen atoms in total. The summed E-state index contributed by atoms with van der Waals surface area (Å²) in [4.78, 5) is 22.7. The highest BCUT2D eigenvalue weighted by molar-refractivity contribution is 7.92. The summed E-state index contributed by atoms with van der Waals surface area (Å²) in [6.07, 6.45) is 0. The maximum absolute atomic E-state index is 13.3. The molecule has 20 heavy (non-hydrogen) atoms. The van der Waals surface area contributed by atoms with Crippen LogP contribution in [0.15, 0.2) is 18.2 Å². The number of hydrogen-bond acceptors (Lipinski definition) is 5. The Morgan fingerprint density at radius 2 is 1.85 bits per heavy atom. The Bertz CT molecular complexity index is 625. The van der Waals surface area contributed by atoms with Crippen LogP contribution in [0.5, 0.6) is 0 Å². The van der Waals surface area contributed by atoms with Crippen LogP contribution in [0.2, 0.25) is 0 Å². The minimum absolute atomic E-state index is 0.000818. The third kappa shape index (κ3) is 4.69. The number of sulfone groups is 1. The Labute approximate surface area is 114 Å². The van der Waals surface area contributed by atoms with Crippen LogP contribution < -0.4 is 0 Å². The first-order valence-corrected chi connectivity index (χ1v) is 7.41. The van der Waals surface area contributed by atoms with Crippen LogP contribution in [0.3, 0.4) is 0 Å². The second-order valence-corrected chi connectivity index (χ2v) is 5.95. The van der Waals surface area contributed by atoms with Crippen LogP contribution in [0.1, 0.15) is 17.3 Å². The molecule has 0 saturated carbocycles. The van der Waals surface area contributed by atoms with E-state index in [1.165, 1.54) is 6.92 Å². The fourth-order valence-electron chi connectivity index (χ4n) is 1.42. The van der Waals surface area contributed by atoms with Crippen molar-refractivity contribution >= 4 is 21.6 Å². The van der Waals surface area contributed by atoms with Crippen LogP contribution in [0, 0.1) is 11.6 Å². The quantitative estimate of drug-likeness (QED) is 0.581. The Morgan fingerprint density at radius 1 is 1.20 bits per heavy atom. The largest absolute Gasteiger partial charge is 0.465 e. The van der Waals surface area contributed by atoms with E-state index in [1.807, 2.05) is 0 Å². The maximum Gasteiger partial charge on any atom is 0.321 e. The van der Waals surface area contributed by atoms with Gasteiger partial charge in [0.05, 0.1) is 12.2 Å². The lowest BCUT2D eigenvalue weighted by molar-refractivity contribution is -0.139. The number of halogens is 2. The molecule has 0 aliphatic carbocycles. The Balaban J connectivity index is 2.84. The SMILES string of the molecule is CCOC(=O)CS(=O)(=O)CC(=O)c1cc(F)ccc1F. The van der Waals surface area contributed by atoms with Crippen LogP contribution in [-0.4, -0.2) is 38.3 Å². The summed E-state index contributed by atoms with van der Waals surface area (Å²) in [7, 11) is -4.09. The molecule has 0 N–H and O–H groups in total. The lowest BCUT2D eigenvalue weighted by atomic mass is 10.1. The molecule has 0 aliphatic heterocycles. The van der Waals surface area contributed by atoms with Gasteiger partial charge < -0.3 is 4.74 Å². The number of ether oxygens (including phenoxy) is 1. The van der Waals surface area contributed by atoms with Crippen molar-refractivity contribution in [1.29, 1.82) is 0 Å². The van der Waals surface area contributed by atoms with Gasteiger partial charge in [0, 0.05) is 0 Å². The molecule has 8 heteroatoms. The van der Waals surface area contributed by atoms with E-state index in [4.69, 9.17) is 0 Å². The van der Waals surface area contributed by atoms with Crippen LogP contribution in [0.4, 0.5) is 8.78 Å². The summed E-state index contributed by atoms with van der Waals surface area (Å²) in [5.74, 6) is -6.08. The summed E-state index contributed by atoms with van der Waals surface area (Å²) in [6, 6.07) is 2.14. The Kier molecular flexibility index (Phi) is 5.32. The molecule has 0 spiro atoms. The minimum atomic E-state index is -4.09. The number of hydrogen-bond donors (Lipinski definition) is 0. The van der Waals surface area contributed by atoms with E-state index in [0.29, 0.717) is 6.07 Å². The van der Waals surface area contributed by atoms with E-state index in [2.05, 4.69) is 4.74 Å². The first-order chi connectivity index (χ1) is 9.25. The lowest BCUT2D eigenvalue weighted by Crippen LogP contribution is -2.25. The van der Waals surface area contributed by atoms with Crippen molar-refractivity contribution in [3.05, 3.63) is 35.4 Å². The van der Waals surface area contributed by atoms with Gasteiger partial charge in [0.25, 0.3) is 0 Å². The van der Waals surface area contributed by atoms with E-state index in [-0.39, 0.29) is 6.61 Å². The summed E-state index contributed by atoms with van der Waals surface area (Å²) >= 11 is 0. The van der Waals surface area contributed by atoms with Gasteiger partial charge in [0.15, 0.2) is 15.6 Å². The molecular formula is C12H12F2O5S. The molecule has 0 saturated heterocycles. The summed E-state index contributed by atoms with van der Waals surface area (Å²) < 4.78 is 53.8. The van der Waals surface area contributed by atoms with E-state index < -0.39 is 50.3 Å². The zero-order chi connectivity index (χ0) is 15.3. The van der Waals surface area contributed by atoms with Crippen molar-refractivity contribution in [2.45, 2.75) is 6.92 Å². The van der Waals surface area contributed by atoms with E-state index in [0.717, 1.165) is 12.1 Å². The van der Waals surface area contributed by atoms with Gasteiger partial charge in [-0.3, -0.25) is 9.59 Å². The molecular weight excluding hydrogens is 294 g/mol. The van der Waals surface area contributed by atoms with E-state index >= 15 is 0 Å². The first-order valence-electron chi connectivity index (χ1n) is 5.59. The van der Waals surface area contributed by atoms with Gasteiger partial charge in [0.1, 0.15) is 23.1 Å². The zero-order valence-electron chi connectivity index (χ0n) is 10.6. The Hall–Kier alpha value is -1.83. The van der Waals surface area contributed by atoms with Crippen molar-refractivity contribution in [3.8, 4) is 0 Å². The highest BCUT2D eigenvalue weighted by Crippen LogP contribution is 2.11. The Morgan fingerprint density at radius 3 is 2.45 bits per heavy atom. The maximum atomic E-state index is 13.3. The molecule has 0 bridgehead atoms. The molecule has 0 aliphatic rings. The van der Waals surface area contributed by atoms with E-state index in [1.54, 1.807) is 0 Å². The number of carbonyl (C=O) groups is 2. The number of carbonyl (C=O) groups excluding carboxylic acids is 2. The van der Waals surface area contributed by atoms with Crippen molar-refractivity contribution in [2.24, 2.45) is 0 Å². The van der Waals surface area contributed by atoms with Crippen LogP contribution >= 0.6 is 0 Å². The first kappa shape index (κ1) is 16.2. The highest BCUT2D eigenvalue weighted by Gasteiger charge is 2.24. The molecule has 1 aromatic rings. The smallest absolute Gasteiger partial charge is 0.321 e. The monoisotopic (exact) mass is 306 g/mol. The van der Waals surface area contributed by atoms with Crippen molar-refractivity contribution < 1.29 is 31.5 Å². The predicted octanol–water partition coefficient (Wildman–Crippen LogP) is 1.13. The number of rotatable bonds is 6. The summed E-state index contributed by atoms with van der Waals surface area (Å²) in [6.45, 7) is 1.50. The van der Waals surface area contributed by atoms with Gasteiger partial charge in [-0.1, -0.05) is 0 Å². The predicted molar refractivity (Wildman–Crippen MR) is 66.0 cm³/mol. The third-order valence-corrected chi connectivity index (χ3v) is 3.60. The molecule has 0 fully saturated rings. The normalized spacial score (nSPS) is 11.2. The highest BCUT2D eigenvalue weighted by atomic mass is 32.2. The fourth-order valence-corrected chi connectivity index (χ4v) is 2.52. The topological polar surface area (TPSA) is 77.5 Å². The number of ketones is 1. The molecule has 0 radical (unpaired) electrons. The van der Waals surface area contributed by atoms with Crippen molar-refractivity contribution in [2.75, 3.05) is 18.1 Å². The number of Topliss-reactive ketones (excluding diaryl/α,β-unsaturated/α-hetero) is 1. The van der Waals surface area contributed by atoms with E-state index in [9.17, 15) is 26.8 Å². The van der Waals surface area contributed by atoms with Gasteiger partial charge in [-0.05, 0) is 25.1 Å². The van der Waals surface area contributed by atoms with Gasteiger partial charge in [0.2, 0.25) is 0 Å². The number of benzene rings is 1. The molecule has 0 heterocycles. The van der Waals surface area contributed by atoms with Crippen molar-refractivity contribution in [1.82, 2.24) is 0 Å². The van der Waals surface area contributed by atoms with Gasteiger partial charge in [-0.2, -0.15) is 0 Å². The zero-order valence-corrected chi connectivity index (χ0v) is 11.4. The van der Waals surface area contributed by atoms with Gasteiger partial charge >= 0.3 is 5.97 Å². The average Bonchev–Trinajstić information content (AvgIpc) is 2.30. The van der Waals surface area contributed by atoms with Crippen LogP contribution in [-0.2, 0) is 19.4 Å². The van der Waals surface area contributed by atoms with Gasteiger partial charge in [-0.15, -0.1) is 0 Å². The minimum Gasteiger partial charge on any atom is -0.465 e. The second-order valence-electron chi connectivity index (χ2n) is 3.88. The fraction of sp³-hybridized carbons (Fsp3) is 0.333. The van der Waals surface area contributed by atoms with Gasteiger partial charge in [-0.25, -0.2) is 17.2 Å². The molecule has 1 aromatic carbocycles. The molecule has 1 rings (SSSR count). The molecule has 110 valence electrons. The summed E-state index contributed by atoms with van der Waals surface area (Å²) in [5, 5.41) is 0. The standard InChI is InChI=1S/C12H12F2O5S/c1-2-19-12(16)7-20(17,18)6-11(15)9-5-8(13)3-4-10(9)14/h3-5H,2,6-7H2,1H3. The second kappa shape index (κ2) is 6.56. The average molecular weight is 306 g/mol. The molecule has 0 aromatic heterocycles. The molecule has 0 unspecified atom stereocenters. The van der Waals surface area contributed by atoms with Crippen LogP contribution in [0.25, 0.3) is 0 Å².